The van der Waals surface area contributed by atoms with Gasteiger partial charge in [0, 0.05) is 13.2 Å². The van der Waals surface area contributed by atoms with E-state index in [0.29, 0.717) is 0 Å². The first-order valence-electron chi connectivity index (χ1n) is 5.80. The highest BCUT2D eigenvalue weighted by atomic mass is 16.5. The third kappa shape index (κ3) is 5.68. The summed E-state index contributed by atoms with van der Waals surface area (Å²) < 4.78 is 5.18. The van der Waals surface area contributed by atoms with Crippen LogP contribution in [0.4, 0.5) is 0 Å². The molecule has 0 fully saturated rings. The lowest BCUT2D eigenvalue weighted by Crippen LogP contribution is -2.44. The van der Waals surface area contributed by atoms with Gasteiger partial charge in [-0.05, 0) is 27.2 Å². The maximum atomic E-state index is 12.0. The van der Waals surface area contributed by atoms with Crippen molar-refractivity contribution in [2.24, 2.45) is 0 Å². The van der Waals surface area contributed by atoms with Gasteiger partial charge in [0.25, 0.3) is 0 Å². The summed E-state index contributed by atoms with van der Waals surface area (Å²) in [4.78, 5) is 24.2. The molecule has 1 N–H and O–H groups in total. The molecule has 100 valence electrons. The Bertz CT molecular complexity index is 276. The third-order valence-electron chi connectivity index (χ3n) is 2.88. The fourth-order valence-corrected chi connectivity index (χ4v) is 1.39. The molecule has 0 radical (unpaired) electrons. The van der Waals surface area contributed by atoms with Gasteiger partial charge in [0.1, 0.15) is 6.54 Å². The Morgan fingerprint density at radius 3 is 2.29 bits per heavy atom. The normalized spacial score (nSPS) is 13.2. The Balaban J connectivity index is 4.69. The van der Waals surface area contributed by atoms with E-state index in [4.69, 9.17) is 9.84 Å². The molecular formula is C12H23NO4. The number of hydrogen-bond acceptors (Lipinski definition) is 3. The molecule has 0 spiro atoms. The molecule has 5 heteroatoms. The van der Waals surface area contributed by atoms with E-state index >= 15 is 0 Å². The number of nitrogens with zero attached hydrogens (tertiary/aromatic N) is 1. The van der Waals surface area contributed by atoms with Crippen molar-refractivity contribution in [2.45, 2.75) is 52.2 Å². The van der Waals surface area contributed by atoms with Gasteiger partial charge in [-0.3, -0.25) is 9.59 Å². The number of carboxylic acid groups (broad SMARTS) is 1. The zero-order valence-electron chi connectivity index (χ0n) is 11.3. The number of aliphatic carboxylic acids is 1. The number of carbonyl (C=O) groups is 2. The average Bonchev–Trinajstić information content (AvgIpc) is 2.23. The molecule has 1 atom stereocenters. The molecule has 0 aromatic carbocycles. The predicted octanol–water partition coefficient (Wildman–Crippen LogP) is 1.51. The third-order valence-corrected chi connectivity index (χ3v) is 2.88. The summed E-state index contributed by atoms with van der Waals surface area (Å²) in [6.45, 7) is 7.13. The van der Waals surface area contributed by atoms with Gasteiger partial charge in [-0.2, -0.15) is 0 Å². The van der Waals surface area contributed by atoms with Crippen LogP contribution in [0.25, 0.3) is 0 Å². The maximum Gasteiger partial charge on any atom is 0.323 e. The summed E-state index contributed by atoms with van der Waals surface area (Å²) in [5.74, 6) is -1.18. The molecule has 0 aromatic rings. The average molecular weight is 245 g/mol. The number of carbonyl (C=O) groups excluding carboxylic acids is 1. The van der Waals surface area contributed by atoms with Gasteiger partial charge in [-0.15, -0.1) is 0 Å². The number of amides is 1. The Kier molecular flexibility index (Phi) is 6.16. The van der Waals surface area contributed by atoms with Gasteiger partial charge in [-0.25, -0.2) is 0 Å². The summed E-state index contributed by atoms with van der Waals surface area (Å²) >= 11 is 0. The van der Waals surface area contributed by atoms with E-state index < -0.39 is 11.6 Å². The standard InChI is InChI=1S/C12H23NO4/c1-6-9(2)13(8-11(15)16)10(14)7-12(3,4)17-5/h9H,6-8H2,1-5H3,(H,15,16). The van der Waals surface area contributed by atoms with Crippen molar-refractivity contribution in [2.75, 3.05) is 13.7 Å². The second-order valence-corrected chi connectivity index (χ2v) is 4.81. The van der Waals surface area contributed by atoms with E-state index in [0.717, 1.165) is 6.42 Å². The van der Waals surface area contributed by atoms with E-state index in [-0.39, 0.29) is 24.9 Å². The number of hydrogen-bond donors (Lipinski definition) is 1. The van der Waals surface area contributed by atoms with Crippen molar-refractivity contribution < 1.29 is 19.4 Å². The Morgan fingerprint density at radius 1 is 1.41 bits per heavy atom. The SMILES string of the molecule is CCC(C)N(CC(=O)O)C(=O)CC(C)(C)OC. The fraction of sp³-hybridized carbons (Fsp3) is 0.833. The Hall–Kier alpha value is -1.10. The van der Waals surface area contributed by atoms with Crippen molar-refractivity contribution in [3.8, 4) is 0 Å². The smallest absolute Gasteiger partial charge is 0.323 e. The summed E-state index contributed by atoms with van der Waals surface area (Å²) in [5.41, 5.74) is -0.568. The molecule has 0 aliphatic rings. The second kappa shape index (κ2) is 6.59. The minimum Gasteiger partial charge on any atom is -0.480 e. The van der Waals surface area contributed by atoms with Crippen molar-refractivity contribution in [1.82, 2.24) is 4.90 Å². The van der Waals surface area contributed by atoms with Crippen molar-refractivity contribution in [1.29, 1.82) is 0 Å². The highest BCUT2D eigenvalue weighted by molar-refractivity contribution is 5.82. The molecule has 0 heterocycles. The van der Waals surface area contributed by atoms with Crippen LogP contribution in [0.1, 0.15) is 40.5 Å². The van der Waals surface area contributed by atoms with Crippen LogP contribution < -0.4 is 0 Å². The lowest BCUT2D eigenvalue weighted by molar-refractivity contribution is -0.148. The first-order chi connectivity index (χ1) is 7.73. The summed E-state index contributed by atoms with van der Waals surface area (Å²) in [5, 5.41) is 8.81. The first kappa shape index (κ1) is 15.9. The van der Waals surface area contributed by atoms with E-state index in [1.165, 1.54) is 12.0 Å². The van der Waals surface area contributed by atoms with Gasteiger partial charge in [-0.1, -0.05) is 6.92 Å². The zero-order valence-corrected chi connectivity index (χ0v) is 11.3. The molecule has 0 aliphatic carbocycles. The van der Waals surface area contributed by atoms with E-state index in [1.54, 1.807) is 13.8 Å². The molecule has 0 aromatic heterocycles. The Labute approximate surface area is 103 Å². The molecule has 0 bridgehead atoms. The van der Waals surface area contributed by atoms with Crippen LogP contribution in [0.15, 0.2) is 0 Å². The fourth-order valence-electron chi connectivity index (χ4n) is 1.39. The molecule has 0 aliphatic heterocycles. The number of methoxy groups -OCH3 is 1. The van der Waals surface area contributed by atoms with Crippen LogP contribution >= 0.6 is 0 Å². The summed E-state index contributed by atoms with van der Waals surface area (Å²) in [7, 11) is 1.54. The largest absolute Gasteiger partial charge is 0.480 e. The lowest BCUT2D eigenvalue weighted by atomic mass is 10.0. The van der Waals surface area contributed by atoms with Crippen LogP contribution in [0.2, 0.25) is 0 Å². The lowest BCUT2D eigenvalue weighted by Gasteiger charge is -2.31. The highest BCUT2D eigenvalue weighted by Crippen LogP contribution is 2.16. The molecule has 17 heavy (non-hydrogen) atoms. The molecule has 5 nitrogen and oxygen atoms in total. The molecule has 1 unspecified atom stereocenters. The van der Waals surface area contributed by atoms with Crippen LogP contribution in [0, 0.1) is 0 Å². The number of rotatable bonds is 7. The monoisotopic (exact) mass is 245 g/mol. The minimum atomic E-state index is -0.992. The first-order valence-corrected chi connectivity index (χ1v) is 5.80. The maximum absolute atomic E-state index is 12.0. The topological polar surface area (TPSA) is 66.8 Å². The van der Waals surface area contributed by atoms with Gasteiger partial charge in [0.15, 0.2) is 0 Å². The van der Waals surface area contributed by atoms with E-state index in [2.05, 4.69) is 0 Å². The van der Waals surface area contributed by atoms with Gasteiger partial charge in [0.05, 0.1) is 12.0 Å². The number of carboxylic acids is 1. The van der Waals surface area contributed by atoms with Crippen LogP contribution in [-0.4, -0.2) is 47.2 Å². The van der Waals surface area contributed by atoms with Crippen molar-refractivity contribution in [3.63, 3.8) is 0 Å². The van der Waals surface area contributed by atoms with Gasteiger partial charge in [0.2, 0.25) is 5.91 Å². The molecule has 0 saturated heterocycles. The predicted molar refractivity (Wildman–Crippen MR) is 64.8 cm³/mol. The molecular weight excluding hydrogens is 222 g/mol. The van der Waals surface area contributed by atoms with E-state index in [9.17, 15) is 9.59 Å². The summed E-state index contributed by atoms with van der Waals surface area (Å²) in [6, 6.07) is -0.0775. The van der Waals surface area contributed by atoms with Crippen molar-refractivity contribution >= 4 is 11.9 Å². The molecule has 1 amide bonds. The zero-order chi connectivity index (χ0) is 13.6. The van der Waals surface area contributed by atoms with Crippen LogP contribution in [0.5, 0.6) is 0 Å². The quantitative estimate of drug-likeness (QED) is 0.738. The van der Waals surface area contributed by atoms with Crippen LogP contribution in [0.3, 0.4) is 0 Å². The molecule has 0 rings (SSSR count). The number of ether oxygens (including phenoxy) is 1. The van der Waals surface area contributed by atoms with Gasteiger partial charge < -0.3 is 14.7 Å². The van der Waals surface area contributed by atoms with Crippen LogP contribution in [-0.2, 0) is 14.3 Å². The van der Waals surface area contributed by atoms with E-state index in [1.807, 2.05) is 13.8 Å². The van der Waals surface area contributed by atoms with Gasteiger partial charge >= 0.3 is 5.97 Å². The van der Waals surface area contributed by atoms with Crippen molar-refractivity contribution in [3.05, 3.63) is 0 Å². The molecule has 0 saturated carbocycles. The Morgan fingerprint density at radius 2 is 1.94 bits per heavy atom. The summed E-state index contributed by atoms with van der Waals surface area (Å²) in [6.07, 6.45) is 0.910. The highest BCUT2D eigenvalue weighted by Gasteiger charge is 2.28. The minimum absolute atomic E-state index is 0.0775. The second-order valence-electron chi connectivity index (χ2n) is 4.81.